The standard InChI is InChI=1S/C13H13N5O3S/c1-3-21-11-7(5-14)8(15)4-10(17-11)18-13-16-6-9(22-13)12(19)20-2/h4,6H,3H2,1-2H3,(H3,15,16,17,18). The van der Waals surface area contributed by atoms with Crippen molar-refractivity contribution >= 4 is 33.9 Å². The highest BCUT2D eigenvalue weighted by atomic mass is 32.1. The first-order chi connectivity index (χ1) is 10.6. The van der Waals surface area contributed by atoms with Crippen molar-refractivity contribution in [1.82, 2.24) is 9.97 Å². The number of nitriles is 1. The fourth-order valence-corrected chi connectivity index (χ4v) is 2.34. The van der Waals surface area contributed by atoms with E-state index < -0.39 is 5.97 Å². The molecule has 2 aromatic rings. The summed E-state index contributed by atoms with van der Waals surface area (Å²) in [5.41, 5.74) is 6.24. The average Bonchev–Trinajstić information content (AvgIpc) is 2.95. The van der Waals surface area contributed by atoms with Crippen molar-refractivity contribution in [2.24, 2.45) is 0 Å². The molecule has 2 rings (SSSR count). The fraction of sp³-hybridized carbons (Fsp3) is 0.231. The number of anilines is 3. The average molecular weight is 319 g/mol. The summed E-state index contributed by atoms with van der Waals surface area (Å²) in [4.78, 5) is 20.0. The van der Waals surface area contributed by atoms with Crippen molar-refractivity contribution < 1.29 is 14.3 Å². The van der Waals surface area contributed by atoms with Gasteiger partial charge >= 0.3 is 5.97 Å². The number of nitrogens with one attached hydrogen (secondary N) is 1. The summed E-state index contributed by atoms with van der Waals surface area (Å²) in [5.74, 6) is 0.0517. The molecule has 22 heavy (non-hydrogen) atoms. The quantitative estimate of drug-likeness (QED) is 0.801. The molecule has 0 unspecified atom stereocenters. The van der Waals surface area contributed by atoms with Gasteiger partial charge in [0.25, 0.3) is 0 Å². The van der Waals surface area contributed by atoms with Gasteiger partial charge in [-0.1, -0.05) is 11.3 Å². The van der Waals surface area contributed by atoms with Crippen LogP contribution in [0.4, 0.5) is 16.6 Å². The van der Waals surface area contributed by atoms with E-state index >= 15 is 0 Å². The van der Waals surface area contributed by atoms with Crippen LogP contribution in [0, 0.1) is 11.3 Å². The summed E-state index contributed by atoms with van der Waals surface area (Å²) in [7, 11) is 1.30. The predicted molar refractivity (Wildman–Crippen MR) is 81.3 cm³/mol. The molecule has 0 atom stereocenters. The second-order valence-electron chi connectivity index (χ2n) is 3.97. The van der Waals surface area contributed by atoms with Gasteiger partial charge in [-0.3, -0.25) is 0 Å². The van der Waals surface area contributed by atoms with E-state index in [1.165, 1.54) is 19.4 Å². The van der Waals surface area contributed by atoms with Crippen LogP contribution in [0.25, 0.3) is 0 Å². The zero-order chi connectivity index (χ0) is 16.1. The first-order valence-electron chi connectivity index (χ1n) is 6.23. The number of ether oxygens (including phenoxy) is 2. The van der Waals surface area contributed by atoms with E-state index in [9.17, 15) is 4.79 Å². The summed E-state index contributed by atoms with van der Waals surface area (Å²) < 4.78 is 9.92. The Kier molecular flexibility index (Phi) is 4.75. The number of carbonyl (C=O) groups excluding carboxylic acids is 1. The lowest BCUT2D eigenvalue weighted by Crippen LogP contribution is -2.04. The van der Waals surface area contributed by atoms with Crippen molar-refractivity contribution in [3.63, 3.8) is 0 Å². The SMILES string of the molecule is CCOc1nc(Nc2ncc(C(=O)OC)s2)cc(N)c1C#N. The fourth-order valence-electron chi connectivity index (χ4n) is 1.59. The molecule has 0 spiro atoms. The van der Waals surface area contributed by atoms with Gasteiger partial charge in [-0.2, -0.15) is 10.2 Å². The van der Waals surface area contributed by atoms with Crippen molar-refractivity contribution in [3.8, 4) is 11.9 Å². The van der Waals surface area contributed by atoms with Crippen LogP contribution in [-0.2, 0) is 4.74 Å². The molecule has 0 fully saturated rings. The molecule has 0 bridgehead atoms. The van der Waals surface area contributed by atoms with Crippen molar-refractivity contribution in [2.75, 3.05) is 24.8 Å². The monoisotopic (exact) mass is 319 g/mol. The Morgan fingerprint density at radius 3 is 3.00 bits per heavy atom. The molecule has 2 aromatic heterocycles. The minimum atomic E-state index is -0.465. The number of thiazole rings is 1. The van der Waals surface area contributed by atoms with Crippen LogP contribution in [0.15, 0.2) is 12.3 Å². The molecule has 0 radical (unpaired) electrons. The van der Waals surface area contributed by atoms with Gasteiger partial charge in [0.2, 0.25) is 5.88 Å². The number of hydrogen-bond donors (Lipinski definition) is 2. The van der Waals surface area contributed by atoms with E-state index in [-0.39, 0.29) is 17.1 Å². The Hall–Kier alpha value is -2.86. The van der Waals surface area contributed by atoms with Crippen LogP contribution in [0.1, 0.15) is 22.2 Å². The number of nitrogens with two attached hydrogens (primary N) is 1. The molecule has 0 saturated heterocycles. The number of carbonyl (C=O) groups is 1. The molecule has 0 aliphatic rings. The molecule has 0 aliphatic heterocycles. The second kappa shape index (κ2) is 6.73. The Labute approximate surface area is 130 Å². The molecule has 0 aliphatic carbocycles. The first kappa shape index (κ1) is 15.5. The molecular weight excluding hydrogens is 306 g/mol. The maximum atomic E-state index is 11.4. The number of hydrogen-bond acceptors (Lipinski definition) is 9. The van der Waals surface area contributed by atoms with Crippen LogP contribution in [0.5, 0.6) is 5.88 Å². The van der Waals surface area contributed by atoms with E-state index in [0.717, 1.165) is 11.3 Å². The molecule has 0 amide bonds. The van der Waals surface area contributed by atoms with Crippen LogP contribution in [0.3, 0.4) is 0 Å². The Balaban J connectivity index is 2.28. The van der Waals surface area contributed by atoms with Gasteiger partial charge in [0, 0.05) is 6.07 Å². The highest BCUT2D eigenvalue weighted by Crippen LogP contribution is 2.28. The van der Waals surface area contributed by atoms with Gasteiger partial charge in [0.1, 0.15) is 22.3 Å². The molecule has 8 nitrogen and oxygen atoms in total. The lowest BCUT2D eigenvalue weighted by atomic mass is 10.2. The largest absolute Gasteiger partial charge is 0.477 e. The molecule has 114 valence electrons. The number of rotatable bonds is 5. The number of nitrogen functional groups attached to an aromatic ring is 1. The third-order valence-electron chi connectivity index (χ3n) is 2.54. The Bertz CT molecular complexity index is 738. The minimum absolute atomic E-state index is 0.150. The van der Waals surface area contributed by atoms with E-state index in [1.54, 1.807) is 6.92 Å². The summed E-state index contributed by atoms with van der Waals surface area (Å²) in [6.07, 6.45) is 1.40. The van der Waals surface area contributed by atoms with Gasteiger partial charge in [-0.15, -0.1) is 0 Å². The van der Waals surface area contributed by atoms with Gasteiger partial charge in [-0.25, -0.2) is 9.78 Å². The van der Waals surface area contributed by atoms with E-state index in [1.807, 2.05) is 6.07 Å². The minimum Gasteiger partial charge on any atom is -0.477 e. The lowest BCUT2D eigenvalue weighted by Gasteiger charge is -2.09. The summed E-state index contributed by atoms with van der Waals surface area (Å²) in [5, 5.41) is 12.4. The van der Waals surface area contributed by atoms with Crippen molar-refractivity contribution in [3.05, 3.63) is 22.7 Å². The Morgan fingerprint density at radius 2 is 2.36 bits per heavy atom. The molecule has 0 aromatic carbocycles. The van der Waals surface area contributed by atoms with E-state index in [4.69, 9.17) is 15.7 Å². The number of methoxy groups -OCH3 is 1. The van der Waals surface area contributed by atoms with Gasteiger partial charge in [-0.05, 0) is 6.92 Å². The van der Waals surface area contributed by atoms with Gasteiger partial charge in [0.05, 0.1) is 25.6 Å². The second-order valence-corrected chi connectivity index (χ2v) is 5.00. The Morgan fingerprint density at radius 1 is 1.59 bits per heavy atom. The summed E-state index contributed by atoms with van der Waals surface area (Å²) in [6, 6.07) is 3.45. The van der Waals surface area contributed by atoms with Crippen molar-refractivity contribution in [1.29, 1.82) is 5.26 Å². The molecule has 9 heteroatoms. The summed E-state index contributed by atoms with van der Waals surface area (Å²) in [6.45, 7) is 2.14. The maximum Gasteiger partial charge on any atom is 0.349 e. The van der Waals surface area contributed by atoms with Crippen molar-refractivity contribution in [2.45, 2.75) is 6.92 Å². The number of nitrogens with zero attached hydrogens (tertiary/aromatic N) is 3. The molecular formula is C13H13N5O3S. The third kappa shape index (κ3) is 3.24. The maximum absolute atomic E-state index is 11.4. The van der Waals surface area contributed by atoms with Gasteiger partial charge in [0.15, 0.2) is 5.13 Å². The third-order valence-corrected chi connectivity index (χ3v) is 3.43. The molecule has 2 heterocycles. The number of aromatic nitrogens is 2. The zero-order valence-corrected chi connectivity index (χ0v) is 12.7. The lowest BCUT2D eigenvalue weighted by molar-refractivity contribution is 0.0606. The number of pyridine rings is 1. The van der Waals surface area contributed by atoms with E-state index in [0.29, 0.717) is 22.4 Å². The van der Waals surface area contributed by atoms with Crippen LogP contribution < -0.4 is 15.8 Å². The summed E-state index contributed by atoms with van der Waals surface area (Å²) >= 11 is 1.11. The van der Waals surface area contributed by atoms with Gasteiger partial charge < -0.3 is 20.5 Å². The zero-order valence-electron chi connectivity index (χ0n) is 11.9. The highest BCUT2D eigenvalue weighted by molar-refractivity contribution is 7.17. The van der Waals surface area contributed by atoms with Crippen LogP contribution >= 0.6 is 11.3 Å². The molecule has 3 N–H and O–H groups in total. The number of esters is 1. The predicted octanol–water partition coefficient (Wildman–Crippen LogP) is 1.92. The normalized spacial score (nSPS) is 9.86. The smallest absolute Gasteiger partial charge is 0.349 e. The molecule has 0 saturated carbocycles. The van der Waals surface area contributed by atoms with Crippen LogP contribution in [0.2, 0.25) is 0 Å². The van der Waals surface area contributed by atoms with Crippen LogP contribution in [-0.4, -0.2) is 29.7 Å². The van der Waals surface area contributed by atoms with E-state index in [2.05, 4.69) is 20.0 Å². The highest BCUT2D eigenvalue weighted by Gasteiger charge is 2.14. The topological polar surface area (TPSA) is 123 Å². The first-order valence-corrected chi connectivity index (χ1v) is 7.05.